The number of rotatable bonds is 6. The van der Waals surface area contributed by atoms with Crippen molar-refractivity contribution in [2.75, 3.05) is 7.11 Å². The first-order valence-corrected chi connectivity index (χ1v) is 6.97. The summed E-state index contributed by atoms with van der Waals surface area (Å²) in [7, 11) is -1.24. The summed E-state index contributed by atoms with van der Waals surface area (Å²) in [6, 6.07) is 8.17. The van der Waals surface area contributed by atoms with Crippen molar-refractivity contribution in [1.82, 2.24) is 5.09 Å². The zero-order valence-electron chi connectivity index (χ0n) is 10.7. The Bertz CT molecular complexity index is 408. The molecule has 0 heterocycles. The van der Waals surface area contributed by atoms with E-state index in [2.05, 4.69) is 9.82 Å². The maximum Gasteiger partial charge on any atom is 0.323 e. The van der Waals surface area contributed by atoms with Crippen molar-refractivity contribution >= 4 is 14.1 Å². The molecule has 1 N–H and O–H groups in total. The first kappa shape index (κ1) is 14.7. The van der Waals surface area contributed by atoms with Gasteiger partial charge >= 0.3 is 14.1 Å². The van der Waals surface area contributed by atoms with E-state index in [1.165, 1.54) is 7.11 Å². The topological polar surface area (TPSA) is 64.6 Å². The Morgan fingerprint density at radius 1 is 1.28 bits per heavy atom. The largest absolute Gasteiger partial charge is 0.468 e. The highest BCUT2D eigenvalue weighted by Crippen LogP contribution is 2.24. The number of carbonyl (C=O) groups excluding carboxylic acids is 1. The molecule has 0 saturated heterocycles. The summed E-state index contributed by atoms with van der Waals surface area (Å²) in [5.41, 5.74) is 0. The highest BCUT2D eigenvalue weighted by atomic mass is 31.1. The Morgan fingerprint density at radius 2 is 1.89 bits per heavy atom. The van der Waals surface area contributed by atoms with E-state index in [1.807, 2.05) is 19.9 Å². The lowest BCUT2D eigenvalue weighted by molar-refractivity contribution is -0.143. The molecule has 0 amide bonds. The second kappa shape index (κ2) is 7.19. The Labute approximate surface area is 107 Å². The minimum absolute atomic E-state index is 0.0363. The van der Waals surface area contributed by atoms with Crippen LogP contribution in [0.15, 0.2) is 30.3 Å². The van der Waals surface area contributed by atoms with Gasteiger partial charge in [0.2, 0.25) is 0 Å². The van der Waals surface area contributed by atoms with Crippen molar-refractivity contribution in [1.29, 1.82) is 0 Å². The molecule has 2 atom stereocenters. The van der Waals surface area contributed by atoms with Crippen LogP contribution in [0.1, 0.15) is 13.8 Å². The first-order valence-electron chi connectivity index (χ1n) is 5.65. The minimum Gasteiger partial charge on any atom is -0.468 e. The molecule has 5 nitrogen and oxygen atoms in total. The van der Waals surface area contributed by atoms with Crippen LogP contribution in [0.4, 0.5) is 0 Å². The molecule has 1 aromatic rings. The van der Waals surface area contributed by atoms with Gasteiger partial charge in [-0.2, -0.15) is 0 Å². The molecule has 2 unspecified atom stereocenters. The van der Waals surface area contributed by atoms with Gasteiger partial charge in [-0.05, 0) is 18.1 Å². The van der Waals surface area contributed by atoms with E-state index < -0.39 is 20.2 Å². The Hall–Kier alpha value is -1.32. The van der Waals surface area contributed by atoms with Gasteiger partial charge in [0, 0.05) is 0 Å². The quantitative estimate of drug-likeness (QED) is 0.635. The average Bonchev–Trinajstić information content (AvgIpc) is 2.36. The number of hydrogen-bond donors (Lipinski definition) is 1. The van der Waals surface area contributed by atoms with Crippen LogP contribution < -0.4 is 9.61 Å². The highest BCUT2D eigenvalue weighted by Gasteiger charge is 2.24. The molecule has 18 heavy (non-hydrogen) atoms. The molecule has 0 spiro atoms. The standard InChI is InChI=1S/C12H18NO4P/c1-9(2)11(12(14)16-3)13-18(15)17-10-7-5-4-6-8-10/h4-9,11,18H,1-3H3,(H,13,15). The summed E-state index contributed by atoms with van der Waals surface area (Å²) >= 11 is 0. The van der Waals surface area contributed by atoms with E-state index in [9.17, 15) is 9.36 Å². The van der Waals surface area contributed by atoms with Crippen LogP contribution in [0.2, 0.25) is 0 Å². The molecular formula is C12H18NO4P. The van der Waals surface area contributed by atoms with Crippen LogP contribution in [0, 0.1) is 5.92 Å². The van der Waals surface area contributed by atoms with Gasteiger partial charge in [-0.25, -0.2) is 5.09 Å². The molecule has 100 valence electrons. The summed E-state index contributed by atoms with van der Waals surface area (Å²) in [6.45, 7) is 3.68. The van der Waals surface area contributed by atoms with Crippen molar-refractivity contribution in [2.24, 2.45) is 5.92 Å². The molecule has 0 aliphatic heterocycles. The smallest absolute Gasteiger partial charge is 0.323 e. The Balaban J connectivity index is 2.60. The Kier molecular flexibility index (Phi) is 5.89. The van der Waals surface area contributed by atoms with Gasteiger partial charge in [0.15, 0.2) is 0 Å². The lowest BCUT2D eigenvalue weighted by Crippen LogP contribution is -2.38. The van der Waals surface area contributed by atoms with Crippen LogP contribution in [0.3, 0.4) is 0 Å². The third kappa shape index (κ3) is 4.51. The van der Waals surface area contributed by atoms with E-state index in [-0.39, 0.29) is 5.92 Å². The van der Waals surface area contributed by atoms with Crippen LogP contribution in [0.25, 0.3) is 0 Å². The van der Waals surface area contributed by atoms with E-state index in [4.69, 9.17) is 4.52 Å². The van der Waals surface area contributed by atoms with Gasteiger partial charge in [0.05, 0.1) is 7.11 Å². The number of carbonyl (C=O) groups is 1. The van der Waals surface area contributed by atoms with Crippen molar-refractivity contribution in [2.45, 2.75) is 19.9 Å². The lowest BCUT2D eigenvalue weighted by Gasteiger charge is -2.19. The zero-order valence-corrected chi connectivity index (χ0v) is 11.7. The Morgan fingerprint density at radius 3 is 2.39 bits per heavy atom. The molecular weight excluding hydrogens is 253 g/mol. The monoisotopic (exact) mass is 271 g/mol. The van der Waals surface area contributed by atoms with Crippen molar-refractivity contribution < 1.29 is 18.6 Å². The predicted octanol–water partition coefficient (Wildman–Crippen LogP) is 2.24. The highest BCUT2D eigenvalue weighted by molar-refractivity contribution is 7.37. The van der Waals surface area contributed by atoms with Gasteiger partial charge in [-0.15, -0.1) is 0 Å². The molecule has 0 aromatic heterocycles. The number of methoxy groups -OCH3 is 1. The number of ether oxygens (including phenoxy) is 1. The van der Waals surface area contributed by atoms with Crippen LogP contribution >= 0.6 is 8.18 Å². The number of nitrogens with one attached hydrogen (secondary N) is 1. The van der Waals surface area contributed by atoms with Crippen molar-refractivity contribution in [3.63, 3.8) is 0 Å². The van der Waals surface area contributed by atoms with Gasteiger partial charge in [-0.3, -0.25) is 9.36 Å². The molecule has 0 fully saturated rings. The number of hydrogen-bond acceptors (Lipinski definition) is 4. The fraction of sp³-hybridized carbons (Fsp3) is 0.417. The second-order valence-electron chi connectivity index (χ2n) is 4.09. The summed E-state index contributed by atoms with van der Waals surface area (Å²) in [5.74, 6) is 0.0204. The van der Waals surface area contributed by atoms with Gasteiger partial charge in [-0.1, -0.05) is 32.0 Å². The molecule has 0 aliphatic rings. The summed E-state index contributed by atoms with van der Waals surface area (Å²) in [4.78, 5) is 11.5. The SMILES string of the molecule is COC(=O)C(N[PH](=O)Oc1ccccc1)C(C)C. The molecule has 6 heteroatoms. The number of benzene rings is 1. The van der Waals surface area contributed by atoms with Crippen molar-refractivity contribution in [3.05, 3.63) is 30.3 Å². The summed E-state index contributed by atoms with van der Waals surface area (Å²) in [6.07, 6.45) is 0. The second-order valence-corrected chi connectivity index (χ2v) is 5.16. The maximum atomic E-state index is 11.8. The van der Waals surface area contributed by atoms with E-state index in [0.717, 1.165) is 0 Å². The van der Waals surface area contributed by atoms with Gasteiger partial charge in [0.25, 0.3) is 0 Å². The molecule has 1 aromatic carbocycles. The fourth-order valence-electron chi connectivity index (χ4n) is 1.38. The average molecular weight is 271 g/mol. The number of para-hydroxylation sites is 1. The molecule has 0 radical (unpaired) electrons. The number of esters is 1. The molecule has 0 aliphatic carbocycles. The lowest BCUT2D eigenvalue weighted by atomic mass is 10.1. The van der Waals surface area contributed by atoms with Crippen molar-refractivity contribution in [3.8, 4) is 5.75 Å². The fourth-order valence-corrected chi connectivity index (χ4v) is 2.49. The normalized spacial score (nSPS) is 14.0. The maximum absolute atomic E-state index is 11.8. The van der Waals surface area contributed by atoms with E-state index in [0.29, 0.717) is 5.75 Å². The predicted molar refractivity (Wildman–Crippen MR) is 69.8 cm³/mol. The van der Waals surface area contributed by atoms with Crippen LogP contribution in [-0.4, -0.2) is 19.1 Å². The third-order valence-corrected chi connectivity index (χ3v) is 3.32. The van der Waals surface area contributed by atoms with Gasteiger partial charge < -0.3 is 9.26 Å². The first-order chi connectivity index (χ1) is 8.54. The third-order valence-electron chi connectivity index (χ3n) is 2.35. The molecule has 0 bridgehead atoms. The van der Waals surface area contributed by atoms with Crippen LogP contribution in [-0.2, 0) is 14.1 Å². The molecule has 1 rings (SSSR count). The summed E-state index contributed by atoms with van der Waals surface area (Å²) in [5, 5.41) is 2.67. The van der Waals surface area contributed by atoms with E-state index in [1.54, 1.807) is 24.3 Å². The van der Waals surface area contributed by atoms with Crippen LogP contribution in [0.5, 0.6) is 5.75 Å². The summed E-state index contributed by atoms with van der Waals surface area (Å²) < 4.78 is 21.7. The van der Waals surface area contributed by atoms with Gasteiger partial charge in [0.1, 0.15) is 11.8 Å². The van der Waals surface area contributed by atoms with E-state index >= 15 is 0 Å². The zero-order chi connectivity index (χ0) is 13.5. The molecule has 0 saturated carbocycles. The minimum atomic E-state index is -2.54.